The molecule has 0 bridgehead atoms. The predicted octanol–water partition coefficient (Wildman–Crippen LogP) is 1.98. The number of imide groups is 2. The van der Waals surface area contributed by atoms with Crippen LogP contribution in [-0.2, 0) is 9.59 Å². The lowest BCUT2D eigenvalue weighted by Gasteiger charge is -2.38. The molecule has 4 amide bonds. The van der Waals surface area contributed by atoms with Gasteiger partial charge in [-0.3, -0.25) is 29.4 Å². The van der Waals surface area contributed by atoms with Crippen molar-refractivity contribution >= 4 is 29.3 Å². The van der Waals surface area contributed by atoms with Gasteiger partial charge in [0.15, 0.2) is 0 Å². The average molecular weight is 439 g/mol. The largest absolute Gasteiger partial charge is 0.369 e. The lowest BCUT2D eigenvalue weighted by molar-refractivity contribution is -0.136. The van der Waals surface area contributed by atoms with Crippen LogP contribution in [-0.4, -0.2) is 59.7 Å². The summed E-state index contributed by atoms with van der Waals surface area (Å²) in [5.74, 6) is -1.83. The normalized spacial score (nSPS) is 28.3. The van der Waals surface area contributed by atoms with Crippen molar-refractivity contribution in [1.82, 2.24) is 15.5 Å². The van der Waals surface area contributed by atoms with Crippen molar-refractivity contribution in [2.45, 2.75) is 75.9 Å². The van der Waals surface area contributed by atoms with Crippen molar-refractivity contribution in [3.8, 4) is 0 Å². The summed E-state index contributed by atoms with van der Waals surface area (Å²) >= 11 is 0. The second kappa shape index (κ2) is 8.65. The fraction of sp³-hybridized carbons (Fsp3) is 0.583. The van der Waals surface area contributed by atoms with Crippen LogP contribution < -0.4 is 15.5 Å². The molecule has 0 radical (unpaired) electrons. The molecule has 170 valence electrons. The molecule has 4 aliphatic rings. The van der Waals surface area contributed by atoms with E-state index in [1.807, 2.05) is 12.1 Å². The minimum absolute atomic E-state index is 0.125. The topological polar surface area (TPSA) is 98.8 Å². The van der Waals surface area contributed by atoms with Crippen LogP contribution in [0.2, 0.25) is 0 Å². The molecule has 4 aliphatic heterocycles. The Morgan fingerprint density at radius 2 is 1.75 bits per heavy atom. The summed E-state index contributed by atoms with van der Waals surface area (Å²) in [7, 11) is 0. The monoisotopic (exact) mass is 438 g/mol. The minimum atomic E-state index is -0.926. The SMILES string of the molecule is O=C1CCC(N2C(=O)c3ccc(N4CCCCC4CC[C@@H]4CCCN4)cc3C2=O)C(=O)N1. The second-order valence-corrected chi connectivity index (χ2v) is 9.39. The fourth-order valence-electron chi connectivity index (χ4n) is 5.67. The molecular weight excluding hydrogens is 408 g/mol. The summed E-state index contributed by atoms with van der Waals surface area (Å²) in [6, 6.07) is 5.60. The molecule has 8 heteroatoms. The van der Waals surface area contributed by atoms with Gasteiger partial charge in [-0.1, -0.05) is 0 Å². The van der Waals surface area contributed by atoms with Crippen LogP contribution >= 0.6 is 0 Å². The Kier molecular flexibility index (Phi) is 5.71. The fourth-order valence-corrected chi connectivity index (χ4v) is 5.67. The van der Waals surface area contributed by atoms with Crippen molar-refractivity contribution in [1.29, 1.82) is 0 Å². The van der Waals surface area contributed by atoms with Crippen molar-refractivity contribution in [3.05, 3.63) is 29.3 Å². The molecule has 0 spiro atoms. The van der Waals surface area contributed by atoms with E-state index in [1.165, 1.54) is 19.3 Å². The zero-order valence-corrected chi connectivity index (χ0v) is 18.3. The molecule has 1 aromatic carbocycles. The first kappa shape index (κ1) is 21.1. The van der Waals surface area contributed by atoms with E-state index >= 15 is 0 Å². The van der Waals surface area contributed by atoms with E-state index in [1.54, 1.807) is 6.07 Å². The van der Waals surface area contributed by atoms with Crippen LogP contribution in [0.3, 0.4) is 0 Å². The van der Waals surface area contributed by atoms with Gasteiger partial charge >= 0.3 is 0 Å². The highest BCUT2D eigenvalue weighted by molar-refractivity contribution is 6.23. The minimum Gasteiger partial charge on any atom is -0.369 e. The number of hydrogen-bond donors (Lipinski definition) is 2. The number of carbonyl (C=O) groups is 4. The lowest BCUT2D eigenvalue weighted by Crippen LogP contribution is -2.54. The Hall–Kier alpha value is -2.74. The van der Waals surface area contributed by atoms with Crippen LogP contribution in [0.1, 0.15) is 78.5 Å². The number of benzene rings is 1. The molecule has 3 saturated heterocycles. The van der Waals surface area contributed by atoms with Gasteiger partial charge in [-0.05, 0) is 76.1 Å². The van der Waals surface area contributed by atoms with Gasteiger partial charge in [0.1, 0.15) is 6.04 Å². The Labute approximate surface area is 187 Å². The van der Waals surface area contributed by atoms with Crippen LogP contribution in [0, 0.1) is 0 Å². The van der Waals surface area contributed by atoms with E-state index in [9.17, 15) is 19.2 Å². The van der Waals surface area contributed by atoms with Gasteiger partial charge in [-0.25, -0.2) is 0 Å². The van der Waals surface area contributed by atoms with Gasteiger partial charge in [0.2, 0.25) is 11.8 Å². The van der Waals surface area contributed by atoms with Crippen molar-refractivity contribution in [3.63, 3.8) is 0 Å². The summed E-state index contributed by atoms with van der Waals surface area (Å²) < 4.78 is 0. The number of nitrogens with one attached hydrogen (secondary N) is 2. The predicted molar refractivity (Wildman–Crippen MR) is 118 cm³/mol. The number of amides is 4. The van der Waals surface area contributed by atoms with E-state index in [0.29, 0.717) is 23.2 Å². The van der Waals surface area contributed by atoms with E-state index < -0.39 is 23.8 Å². The number of piperidine rings is 2. The maximum absolute atomic E-state index is 13.2. The third kappa shape index (κ3) is 3.81. The van der Waals surface area contributed by atoms with Crippen LogP contribution in [0.15, 0.2) is 18.2 Å². The Bertz CT molecular complexity index is 955. The zero-order valence-electron chi connectivity index (χ0n) is 18.3. The first-order chi connectivity index (χ1) is 15.5. The van der Waals surface area contributed by atoms with E-state index in [2.05, 4.69) is 15.5 Å². The van der Waals surface area contributed by atoms with Crippen LogP contribution in [0.4, 0.5) is 5.69 Å². The summed E-state index contributed by atoms with van der Waals surface area (Å²) in [4.78, 5) is 53.3. The van der Waals surface area contributed by atoms with Gasteiger partial charge in [0.05, 0.1) is 11.1 Å². The highest BCUT2D eigenvalue weighted by Crippen LogP contribution is 2.34. The molecule has 5 rings (SSSR count). The van der Waals surface area contributed by atoms with E-state index in [4.69, 9.17) is 0 Å². The highest BCUT2D eigenvalue weighted by atomic mass is 16.2. The van der Waals surface area contributed by atoms with Gasteiger partial charge in [-0.15, -0.1) is 0 Å². The van der Waals surface area contributed by atoms with E-state index in [-0.39, 0.29) is 18.7 Å². The molecule has 3 atom stereocenters. The summed E-state index contributed by atoms with van der Waals surface area (Å²) in [6.07, 6.45) is 8.54. The zero-order chi connectivity index (χ0) is 22.2. The van der Waals surface area contributed by atoms with Crippen molar-refractivity contribution < 1.29 is 19.2 Å². The number of anilines is 1. The molecular formula is C24H30N4O4. The lowest BCUT2D eigenvalue weighted by atomic mass is 9.94. The smallest absolute Gasteiger partial charge is 0.262 e. The van der Waals surface area contributed by atoms with Gasteiger partial charge in [0, 0.05) is 30.7 Å². The molecule has 8 nitrogen and oxygen atoms in total. The van der Waals surface area contributed by atoms with Crippen molar-refractivity contribution in [2.24, 2.45) is 0 Å². The molecule has 32 heavy (non-hydrogen) atoms. The Morgan fingerprint density at radius 1 is 0.906 bits per heavy atom. The molecule has 4 heterocycles. The Morgan fingerprint density at radius 3 is 2.53 bits per heavy atom. The number of fused-ring (bicyclic) bond motifs is 1. The number of carbonyl (C=O) groups excluding carboxylic acids is 4. The summed E-state index contributed by atoms with van der Waals surface area (Å²) in [5.41, 5.74) is 1.67. The van der Waals surface area contributed by atoms with Gasteiger partial charge in [0.25, 0.3) is 11.8 Å². The number of rotatable bonds is 5. The first-order valence-electron chi connectivity index (χ1n) is 11.9. The van der Waals surface area contributed by atoms with Crippen molar-refractivity contribution in [2.75, 3.05) is 18.0 Å². The molecule has 2 N–H and O–H groups in total. The Balaban J connectivity index is 1.35. The molecule has 0 saturated carbocycles. The molecule has 2 unspecified atom stereocenters. The maximum Gasteiger partial charge on any atom is 0.262 e. The summed E-state index contributed by atoms with van der Waals surface area (Å²) in [6.45, 7) is 2.06. The maximum atomic E-state index is 13.2. The first-order valence-corrected chi connectivity index (χ1v) is 11.9. The molecule has 0 aliphatic carbocycles. The quantitative estimate of drug-likeness (QED) is 0.682. The number of nitrogens with zero attached hydrogens (tertiary/aromatic N) is 2. The third-order valence-electron chi connectivity index (χ3n) is 7.39. The van der Waals surface area contributed by atoms with Gasteiger partial charge in [-0.2, -0.15) is 0 Å². The standard InChI is InChI=1S/C24H30N4O4/c29-21-11-10-20(22(30)26-21)28-23(31)18-9-8-17(14-19(18)24(28)32)27-13-2-1-5-16(27)7-6-15-4-3-12-25-15/h8-9,14-16,20,25H,1-7,10-13H2,(H,26,29,30)/t15-,16?,20?/m0/s1. The second-order valence-electron chi connectivity index (χ2n) is 9.39. The third-order valence-corrected chi connectivity index (χ3v) is 7.39. The van der Waals surface area contributed by atoms with E-state index in [0.717, 1.165) is 49.4 Å². The number of hydrogen-bond acceptors (Lipinski definition) is 6. The summed E-state index contributed by atoms with van der Waals surface area (Å²) in [5, 5.41) is 5.82. The van der Waals surface area contributed by atoms with Crippen LogP contribution in [0.5, 0.6) is 0 Å². The van der Waals surface area contributed by atoms with Gasteiger partial charge < -0.3 is 10.2 Å². The highest BCUT2D eigenvalue weighted by Gasteiger charge is 2.44. The molecule has 1 aromatic rings. The van der Waals surface area contributed by atoms with Crippen LogP contribution in [0.25, 0.3) is 0 Å². The average Bonchev–Trinajstić information content (AvgIpc) is 3.40. The molecule has 0 aromatic heterocycles. The molecule has 3 fully saturated rings.